The average molecular weight is 226 g/mol. The SMILES string of the molecule is CCCOCC(NN)c1cc(OC)ncn1. The summed E-state index contributed by atoms with van der Waals surface area (Å²) >= 11 is 0. The lowest BCUT2D eigenvalue weighted by Crippen LogP contribution is -2.32. The summed E-state index contributed by atoms with van der Waals surface area (Å²) in [6.07, 6.45) is 2.42. The lowest BCUT2D eigenvalue weighted by molar-refractivity contribution is 0.111. The van der Waals surface area contributed by atoms with Crippen molar-refractivity contribution in [2.75, 3.05) is 20.3 Å². The van der Waals surface area contributed by atoms with Crippen molar-refractivity contribution >= 4 is 0 Å². The van der Waals surface area contributed by atoms with E-state index in [1.807, 2.05) is 0 Å². The van der Waals surface area contributed by atoms with Gasteiger partial charge in [-0.25, -0.2) is 15.4 Å². The summed E-state index contributed by atoms with van der Waals surface area (Å²) in [5.41, 5.74) is 3.41. The molecule has 0 spiro atoms. The number of hydrogen-bond acceptors (Lipinski definition) is 6. The number of nitrogens with zero attached hydrogens (tertiary/aromatic N) is 2. The van der Waals surface area contributed by atoms with E-state index < -0.39 is 0 Å². The van der Waals surface area contributed by atoms with Crippen LogP contribution < -0.4 is 16.0 Å². The van der Waals surface area contributed by atoms with E-state index in [2.05, 4.69) is 22.3 Å². The van der Waals surface area contributed by atoms with Gasteiger partial charge in [0.1, 0.15) is 6.33 Å². The number of aromatic nitrogens is 2. The molecule has 0 bridgehead atoms. The van der Waals surface area contributed by atoms with Gasteiger partial charge < -0.3 is 9.47 Å². The predicted octanol–water partition coefficient (Wildman–Crippen LogP) is 0.416. The first-order chi connectivity index (χ1) is 7.81. The third-order valence-corrected chi connectivity index (χ3v) is 2.06. The highest BCUT2D eigenvalue weighted by atomic mass is 16.5. The highest BCUT2D eigenvalue weighted by Gasteiger charge is 2.12. The van der Waals surface area contributed by atoms with Gasteiger partial charge in [0.25, 0.3) is 0 Å². The second-order valence-corrected chi connectivity index (χ2v) is 3.28. The molecule has 0 radical (unpaired) electrons. The first-order valence-electron chi connectivity index (χ1n) is 5.21. The molecule has 1 heterocycles. The molecule has 16 heavy (non-hydrogen) atoms. The van der Waals surface area contributed by atoms with Crippen LogP contribution >= 0.6 is 0 Å². The fourth-order valence-corrected chi connectivity index (χ4v) is 1.22. The Morgan fingerprint density at radius 3 is 2.94 bits per heavy atom. The Morgan fingerprint density at radius 1 is 1.50 bits per heavy atom. The summed E-state index contributed by atoms with van der Waals surface area (Å²) in [5, 5.41) is 0. The minimum atomic E-state index is -0.150. The molecule has 1 rings (SSSR count). The van der Waals surface area contributed by atoms with Gasteiger partial charge in [-0.15, -0.1) is 0 Å². The van der Waals surface area contributed by atoms with Crippen LogP contribution in [0.4, 0.5) is 0 Å². The van der Waals surface area contributed by atoms with Crippen LogP contribution in [0.15, 0.2) is 12.4 Å². The number of ether oxygens (including phenoxy) is 2. The standard InChI is InChI=1S/C10H18N4O2/c1-3-4-16-6-9(14-11)8-5-10(15-2)13-7-12-8/h5,7,9,14H,3-4,6,11H2,1-2H3. The van der Waals surface area contributed by atoms with Gasteiger partial charge in [0.05, 0.1) is 25.5 Å². The summed E-state index contributed by atoms with van der Waals surface area (Å²) in [6, 6.07) is 1.59. The number of hydrogen-bond donors (Lipinski definition) is 2. The summed E-state index contributed by atoms with van der Waals surface area (Å²) < 4.78 is 10.4. The van der Waals surface area contributed by atoms with Crippen molar-refractivity contribution in [3.8, 4) is 5.88 Å². The topological polar surface area (TPSA) is 82.3 Å². The Bertz CT molecular complexity index is 309. The van der Waals surface area contributed by atoms with Crippen LogP contribution in [0.25, 0.3) is 0 Å². The zero-order valence-corrected chi connectivity index (χ0v) is 9.64. The van der Waals surface area contributed by atoms with E-state index in [0.29, 0.717) is 19.1 Å². The van der Waals surface area contributed by atoms with Crippen molar-refractivity contribution < 1.29 is 9.47 Å². The molecule has 0 fully saturated rings. The Kier molecular flexibility index (Phi) is 5.69. The Hall–Kier alpha value is -1.24. The lowest BCUT2D eigenvalue weighted by atomic mass is 10.2. The molecule has 1 aromatic heterocycles. The van der Waals surface area contributed by atoms with Crippen LogP contribution in [-0.2, 0) is 4.74 Å². The molecule has 0 aliphatic heterocycles. The normalized spacial score (nSPS) is 12.4. The zero-order valence-electron chi connectivity index (χ0n) is 9.64. The molecule has 1 atom stereocenters. The smallest absolute Gasteiger partial charge is 0.216 e. The van der Waals surface area contributed by atoms with Gasteiger partial charge in [-0.2, -0.15) is 0 Å². The number of nitrogens with one attached hydrogen (secondary N) is 1. The predicted molar refractivity (Wildman–Crippen MR) is 59.8 cm³/mol. The van der Waals surface area contributed by atoms with Crippen molar-refractivity contribution in [2.24, 2.45) is 5.84 Å². The van der Waals surface area contributed by atoms with Gasteiger partial charge in [0.15, 0.2) is 0 Å². The third-order valence-electron chi connectivity index (χ3n) is 2.06. The van der Waals surface area contributed by atoms with Crippen molar-refractivity contribution in [3.63, 3.8) is 0 Å². The monoisotopic (exact) mass is 226 g/mol. The molecule has 1 aromatic rings. The van der Waals surface area contributed by atoms with Gasteiger partial charge >= 0.3 is 0 Å². The van der Waals surface area contributed by atoms with E-state index in [0.717, 1.165) is 12.1 Å². The van der Waals surface area contributed by atoms with Crippen molar-refractivity contribution in [3.05, 3.63) is 18.1 Å². The molecule has 0 saturated carbocycles. The van der Waals surface area contributed by atoms with Crippen LogP contribution in [-0.4, -0.2) is 30.3 Å². The van der Waals surface area contributed by atoms with Crippen molar-refractivity contribution in [1.82, 2.24) is 15.4 Å². The van der Waals surface area contributed by atoms with Gasteiger partial charge in [-0.1, -0.05) is 6.92 Å². The minimum Gasteiger partial charge on any atom is -0.481 e. The van der Waals surface area contributed by atoms with Crippen LogP contribution in [0.1, 0.15) is 25.1 Å². The van der Waals surface area contributed by atoms with Crippen LogP contribution in [0.3, 0.4) is 0 Å². The molecule has 0 aromatic carbocycles. The summed E-state index contributed by atoms with van der Waals surface area (Å²) in [7, 11) is 1.56. The number of methoxy groups -OCH3 is 1. The Morgan fingerprint density at radius 2 is 2.31 bits per heavy atom. The fourth-order valence-electron chi connectivity index (χ4n) is 1.22. The minimum absolute atomic E-state index is 0.150. The summed E-state index contributed by atoms with van der Waals surface area (Å²) in [5.74, 6) is 5.96. The first kappa shape index (κ1) is 12.8. The van der Waals surface area contributed by atoms with Crippen molar-refractivity contribution in [1.29, 1.82) is 0 Å². The van der Waals surface area contributed by atoms with Crippen LogP contribution in [0.5, 0.6) is 5.88 Å². The maximum absolute atomic E-state index is 5.45. The van der Waals surface area contributed by atoms with E-state index >= 15 is 0 Å². The zero-order chi connectivity index (χ0) is 11.8. The summed E-state index contributed by atoms with van der Waals surface area (Å²) in [4.78, 5) is 8.05. The second kappa shape index (κ2) is 7.10. The van der Waals surface area contributed by atoms with E-state index in [-0.39, 0.29) is 6.04 Å². The van der Waals surface area contributed by atoms with Gasteiger partial charge in [0, 0.05) is 12.7 Å². The second-order valence-electron chi connectivity index (χ2n) is 3.28. The highest BCUT2D eigenvalue weighted by molar-refractivity contribution is 5.16. The van der Waals surface area contributed by atoms with E-state index in [4.69, 9.17) is 15.3 Å². The Labute approximate surface area is 95.1 Å². The third kappa shape index (κ3) is 3.73. The molecule has 6 heteroatoms. The molecular formula is C10H18N4O2. The van der Waals surface area contributed by atoms with Gasteiger partial charge in [-0.05, 0) is 6.42 Å². The molecule has 0 aliphatic carbocycles. The largest absolute Gasteiger partial charge is 0.481 e. The molecule has 90 valence electrons. The molecule has 6 nitrogen and oxygen atoms in total. The van der Waals surface area contributed by atoms with Crippen molar-refractivity contribution in [2.45, 2.75) is 19.4 Å². The molecular weight excluding hydrogens is 208 g/mol. The number of hydrazine groups is 1. The number of nitrogens with two attached hydrogens (primary N) is 1. The molecule has 1 unspecified atom stereocenters. The quantitative estimate of drug-likeness (QED) is 0.398. The molecule has 0 saturated heterocycles. The maximum atomic E-state index is 5.45. The van der Waals surface area contributed by atoms with E-state index in [9.17, 15) is 0 Å². The van der Waals surface area contributed by atoms with Gasteiger partial charge in [0.2, 0.25) is 5.88 Å². The highest BCUT2D eigenvalue weighted by Crippen LogP contribution is 2.13. The molecule has 0 amide bonds. The van der Waals surface area contributed by atoms with Crippen LogP contribution in [0, 0.1) is 0 Å². The molecule has 0 aliphatic rings. The van der Waals surface area contributed by atoms with Gasteiger partial charge in [-0.3, -0.25) is 5.84 Å². The fraction of sp³-hybridized carbons (Fsp3) is 0.600. The average Bonchev–Trinajstić information content (AvgIpc) is 2.35. The van der Waals surface area contributed by atoms with E-state index in [1.54, 1.807) is 13.2 Å². The maximum Gasteiger partial charge on any atom is 0.216 e. The summed E-state index contributed by atoms with van der Waals surface area (Å²) in [6.45, 7) is 3.24. The first-order valence-corrected chi connectivity index (χ1v) is 5.21. The number of rotatable bonds is 7. The lowest BCUT2D eigenvalue weighted by Gasteiger charge is -2.15. The van der Waals surface area contributed by atoms with E-state index in [1.165, 1.54) is 6.33 Å². The Balaban J connectivity index is 2.62. The van der Waals surface area contributed by atoms with Crippen LogP contribution in [0.2, 0.25) is 0 Å². The molecule has 3 N–H and O–H groups in total.